The van der Waals surface area contributed by atoms with Gasteiger partial charge in [-0.1, -0.05) is 48.6 Å². The maximum atomic E-state index is 12.3. The largest absolute Gasteiger partial charge is 0.292 e. The highest BCUT2D eigenvalue weighted by Gasteiger charge is 2.13. The van der Waals surface area contributed by atoms with Gasteiger partial charge in [0.1, 0.15) is 0 Å². The van der Waals surface area contributed by atoms with Gasteiger partial charge in [0, 0.05) is 13.1 Å². The smallest absolute Gasteiger partial charge is 0.270 e. The van der Waals surface area contributed by atoms with E-state index in [0.717, 1.165) is 41.0 Å². The van der Waals surface area contributed by atoms with E-state index in [1.165, 1.54) is 11.3 Å². The standard InChI is InChI=1S/C15H17N3OS/c1-2-8-17-9-10-18-14(19)13(20-15(18)16-17)11-12-6-4-3-5-7-12/h3-7,11H,2,8-10H2,1H3/b13-11-. The molecular formula is C15H17N3OS. The summed E-state index contributed by atoms with van der Waals surface area (Å²) in [7, 11) is 0. The fourth-order valence-electron chi connectivity index (χ4n) is 2.29. The summed E-state index contributed by atoms with van der Waals surface area (Å²) in [5.74, 6) is 0. The summed E-state index contributed by atoms with van der Waals surface area (Å²) in [6.07, 6.45) is 3.01. The SMILES string of the molecule is CCCN1CCn2c(s/c(=C\c3ccccc3)c2=O)=N1. The molecule has 4 nitrogen and oxygen atoms in total. The molecule has 1 aliphatic heterocycles. The highest BCUT2D eigenvalue weighted by Crippen LogP contribution is 2.00. The zero-order valence-electron chi connectivity index (χ0n) is 11.5. The van der Waals surface area contributed by atoms with Crippen LogP contribution < -0.4 is 14.9 Å². The van der Waals surface area contributed by atoms with Crippen molar-refractivity contribution in [1.82, 2.24) is 9.58 Å². The molecule has 104 valence electrons. The fourth-order valence-corrected chi connectivity index (χ4v) is 3.32. The number of benzene rings is 1. The number of hydrogen-bond donors (Lipinski definition) is 0. The predicted octanol–water partition coefficient (Wildman–Crippen LogP) is 0.999. The molecule has 2 heterocycles. The molecule has 0 atom stereocenters. The predicted molar refractivity (Wildman–Crippen MR) is 81.2 cm³/mol. The third-order valence-electron chi connectivity index (χ3n) is 3.28. The Kier molecular flexibility index (Phi) is 3.69. The van der Waals surface area contributed by atoms with Crippen LogP contribution in [0.3, 0.4) is 0 Å². The van der Waals surface area contributed by atoms with Gasteiger partial charge in [0.15, 0.2) is 0 Å². The van der Waals surface area contributed by atoms with E-state index in [1.54, 1.807) is 4.57 Å². The second-order valence-electron chi connectivity index (χ2n) is 4.81. The quantitative estimate of drug-likeness (QED) is 0.844. The van der Waals surface area contributed by atoms with Crippen molar-refractivity contribution in [2.75, 3.05) is 13.1 Å². The second kappa shape index (κ2) is 5.63. The van der Waals surface area contributed by atoms with Crippen LogP contribution in [-0.4, -0.2) is 22.7 Å². The molecule has 0 saturated heterocycles. The van der Waals surface area contributed by atoms with Crippen LogP contribution in [0, 0.1) is 0 Å². The fraction of sp³-hybridized carbons (Fsp3) is 0.333. The van der Waals surface area contributed by atoms with Gasteiger partial charge >= 0.3 is 0 Å². The van der Waals surface area contributed by atoms with E-state index in [4.69, 9.17) is 0 Å². The maximum absolute atomic E-state index is 12.3. The molecule has 0 amide bonds. The second-order valence-corrected chi connectivity index (χ2v) is 5.82. The summed E-state index contributed by atoms with van der Waals surface area (Å²) in [6.45, 7) is 4.64. The van der Waals surface area contributed by atoms with Crippen LogP contribution in [0.2, 0.25) is 0 Å². The Morgan fingerprint density at radius 1 is 1.30 bits per heavy atom. The minimum atomic E-state index is 0.0775. The number of nitrogens with zero attached hydrogens (tertiary/aromatic N) is 3. The Labute approximate surface area is 121 Å². The molecule has 3 rings (SSSR count). The van der Waals surface area contributed by atoms with Crippen LogP contribution in [0.15, 0.2) is 40.2 Å². The van der Waals surface area contributed by atoms with E-state index in [9.17, 15) is 4.79 Å². The van der Waals surface area contributed by atoms with E-state index < -0.39 is 0 Å². The number of thiazole rings is 1. The van der Waals surface area contributed by atoms with Crippen molar-refractivity contribution in [2.24, 2.45) is 5.10 Å². The third kappa shape index (κ3) is 2.54. The van der Waals surface area contributed by atoms with Crippen LogP contribution >= 0.6 is 11.3 Å². The van der Waals surface area contributed by atoms with Gasteiger partial charge in [-0.3, -0.25) is 14.4 Å². The molecule has 0 spiro atoms. The van der Waals surface area contributed by atoms with E-state index in [1.807, 2.05) is 36.4 Å². The lowest BCUT2D eigenvalue weighted by Gasteiger charge is -2.21. The summed E-state index contributed by atoms with van der Waals surface area (Å²) in [4.78, 5) is 13.2. The minimum Gasteiger partial charge on any atom is -0.292 e. The Balaban J connectivity index is 2.07. The lowest BCUT2D eigenvalue weighted by atomic mass is 10.2. The van der Waals surface area contributed by atoms with Gasteiger partial charge in [0.2, 0.25) is 4.80 Å². The van der Waals surface area contributed by atoms with Gasteiger partial charge in [-0.05, 0) is 18.1 Å². The van der Waals surface area contributed by atoms with Crippen LogP contribution in [-0.2, 0) is 6.54 Å². The minimum absolute atomic E-state index is 0.0775. The molecule has 1 aromatic heterocycles. The summed E-state index contributed by atoms with van der Waals surface area (Å²) in [5.41, 5.74) is 1.13. The normalized spacial score (nSPS) is 15.1. The average molecular weight is 287 g/mol. The van der Waals surface area contributed by atoms with Crippen LogP contribution in [0.25, 0.3) is 6.08 Å². The first-order valence-electron chi connectivity index (χ1n) is 6.88. The lowest BCUT2D eigenvalue weighted by molar-refractivity contribution is 0.240. The molecule has 0 N–H and O–H groups in total. The molecule has 5 heteroatoms. The first kappa shape index (κ1) is 13.1. The van der Waals surface area contributed by atoms with Crippen molar-refractivity contribution in [3.63, 3.8) is 0 Å². The highest BCUT2D eigenvalue weighted by molar-refractivity contribution is 7.07. The summed E-state index contributed by atoms with van der Waals surface area (Å²) in [6, 6.07) is 9.93. The van der Waals surface area contributed by atoms with Gasteiger partial charge < -0.3 is 0 Å². The van der Waals surface area contributed by atoms with Crippen LogP contribution in [0.4, 0.5) is 0 Å². The zero-order chi connectivity index (χ0) is 13.9. The summed E-state index contributed by atoms with van der Waals surface area (Å²) >= 11 is 1.47. The van der Waals surface area contributed by atoms with Crippen molar-refractivity contribution in [3.05, 3.63) is 55.6 Å². The molecule has 2 aromatic rings. The molecule has 1 aromatic carbocycles. The Hall–Kier alpha value is -1.88. The van der Waals surface area contributed by atoms with Gasteiger partial charge in [-0.2, -0.15) is 0 Å². The van der Waals surface area contributed by atoms with Crippen LogP contribution in [0.1, 0.15) is 18.9 Å². The molecule has 20 heavy (non-hydrogen) atoms. The third-order valence-corrected chi connectivity index (χ3v) is 4.27. The van der Waals surface area contributed by atoms with Crippen molar-refractivity contribution >= 4 is 17.4 Å². The van der Waals surface area contributed by atoms with Crippen molar-refractivity contribution in [2.45, 2.75) is 19.9 Å². The molecule has 0 unspecified atom stereocenters. The van der Waals surface area contributed by atoms with Crippen molar-refractivity contribution in [3.8, 4) is 0 Å². The number of fused-ring (bicyclic) bond motifs is 1. The Morgan fingerprint density at radius 2 is 2.10 bits per heavy atom. The number of rotatable bonds is 3. The first-order chi connectivity index (χ1) is 9.78. The molecule has 0 aliphatic carbocycles. The molecular weight excluding hydrogens is 270 g/mol. The van der Waals surface area contributed by atoms with Crippen molar-refractivity contribution < 1.29 is 0 Å². The Morgan fingerprint density at radius 3 is 2.85 bits per heavy atom. The van der Waals surface area contributed by atoms with Gasteiger partial charge in [0.05, 0.1) is 11.1 Å². The molecule has 0 bridgehead atoms. The molecule has 0 saturated carbocycles. The van der Waals surface area contributed by atoms with Crippen molar-refractivity contribution in [1.29, 1.82) is 0 Å². The van der Waals surface area contributed by atoms with E-state index >= 15 is 0 Å². The van der Waals surface area contributed by atoms with Gasteiger partial charge in [-0.15, -0.1) is 5.10 Å². The van der Waals surface area contributed by atoms with E-state index in [-0.39, 0.29) is 5.56 Å². The monoisotopic (exact) mass is 287 g/mol. The maximum Gasteiger partial charge on any atom is 0.270 e. The highest BCUT2D eigenvalue weighted by atomic mass is 32.1. The molecule has 0 radical (unpaired) electrons. The van der Waals surface area contributed by atoms with Gasteiger partial charge in [-0.25, -0.2) is 0 Å². The topological polar surface area (TPSA) is 37.6 Å². The zero-order valence-corrected chi connectivity index (χ0v) is 12.3. The van der Waals surface area contributed by atoms with E-state index in [0.29, 0.717) is 0 Å². The van der Waals surface area contributed by atoms with Gasteiger partial charge in [0.25, 0.3) is 5.56 Å². The first-order valence-corrected chi connectivity index (χ1v) is 7.69. The summed E-state index contributed by atoms with van der Waals surface area (Å²) < 4.78 is 2.54. The molecule has 0 fully saturated rings. The Bertz CT molecular complexity index is 761. The number of hydrogen-bond acceptors (Lipinski definition) is 4. The lowest BCUT2D eigenvalue weighted by Crippen LogP contribution is -2.40. The van der Waals surface area contributed by atoms with E-state index in [2.05, 4.69) is 17.0 Å². The number of aromatic nitrogens is 1. The molecule has 1 aliphatic rings. The van der Waals surface area contributed by atoms with Crippen LogP contribution in [0.5, 0.6) is 0 Å². The average Bonchev–Trinajstić information content (AvgIpc) is 2.77. The summed E-state index contributed by atoms with van der Waals surface area (Å²) in [5, 5.41) is 6.61.